The van der Waals surface area contributed by atoms with Crippen LogP contribution in [0.2, 0.25) is 0 Å². The van der Waals surface area contributed by atoms with Crippen LogP contribution in [0.15, 0.2) is 0 Å². The molecule has 0 amide bonds. The third-order valence-corrected chi connectivity index (χ3v) is 4.72. The second-order valence-electron chi connectivity index (χ2n) is 6.22. The van der Waals surface area contributed by atoms with Crippen LogP contribution in [-0.4, -0.2) is 43.8 Å². The number of nitrogens with one attached hydrogen (secondary N) is 1. The first-order valence-corrected chi connectivity index (χ1v) is 7.46. The fourth-order valence-electron chi connectivity index (χ4n) is 3.36. The first-order chi connectivity index (χ1) is 8.97. The van der Waals surface area contributed by atoms with Gasteiger partial charge < -0.3 is 10.2 Å². The number of alkyl halides is 3. The van der Waals surface area contributed by atoms with E-state index < -0.39 is 12.1 Å². The summed E-state index contributed by atoms with van der Waals surface area (Å²) in [4.78, 5) is 2.03. The molecule has 2 rings (SSSR count). The maximum Gasteiger partial charge on any atom is 0.394 e. The van der Waals surface area contributed by atoms with E-state index in [0.29, 0.717) is 18.4 Å². The molecule has 112 valence electrons. The molecule has 3 unspecified atom stereocenters. The Hall–Kier alpha value is -0.290. The predicted molar refractivity (Wildman–Crippen MR) is 70.0 cm³/mol. The minimum atomic E-state index is -4.08. The van der Waals surface area contributed by atoms with Crippen molar-refractivity contribution in [2.45, 2.75) is 38.8 Å². The molecule has 1 aliphatic carbocycles. The summed E-state index contributed by atoms with van der Waals surface area (Å²) in [6.07, 6.45) is 0.864. The third-order valence-electron chi connectivity index (χ3n) is 4.72. The topological polar surface area (TPSA) is 15.3 Å². The van der Waals surface area contributed by atoms with Gasteiger partial charge in [0.2, 0.25) is 0 Å². The molecule has 0 aromatic carbocycles. The smallest absolute Gasteiger partial charge is 0.315 e. The Morgan fingerprint density at radius 2 is 1.95 bits per heavy atom. The van der Waals surface area contributed by atoms with Gasteiger partial charge in [0.25, 0.3) is 0 Å². The van der Waals surface area contributed by atoms with Crippen molar-refractivity contribution in [3.05, 3.63) is 0 Å². The van der Waals surface area contributed by atoms with Crippen LogP contribution in [0.3, 0.4) is 0 Å². The minimum absolute atomic E-state index is 0.0697. The lowest BCUT2D eigenvalue weighted by Crippen LogP contribution is -2.41. The lowest BCUT2D eigenvalue weighted by molar-refractivity contribution is -0.176. The third kappa shape index (κ3) is 4.35. The molecule has 1 aliphatic heterocycles. The summed E-state index contributed by atoms with van der Waals surface area (Å²) in [5.74, 6) is 0.0314. The van der Waals surface area contributed by atoms with Gasteiger partial charge in [0.1, 0.15) is 0 Å². The molecule has 1 saturated heterocycles. The molecule has 2 fully saturated rings. The zero-order valence-electron chi connectivity index (χ0n) is 11.7. The van der Waals surface area contributed by atoms with Gasteiger partial charge >= 0.3 is 6.18 Å². The van der Waals surface area contributed by atoms with Crippen molar-refractivity contribution >= 4 is 0 Å². The second-order valence-corrected chi connectivity index (χ2v) is 6.22. The average molecular weight is 278 g/mol. The summed E-state index contributed by atoms with van der Waals surface area (Å²) in [6.45, 7) is 4.75. The number of halogens is 3. The van der Waals surface area contributed by atoms with Gasteiger partial charge in [-0.2, -0.15) is 13.2 Å². The molecule has 1 N–H and O–H groups in total. The van der Waals surface area contributed by atoms with Crippen LogP contribution in [0.5, 0.6) is 0 Å². The van der Waals surface area contributed by atoms with E-state index in [1.807, 2.05) is 4.90 Å². The molecule has 2 aliphatic rings. The van der Waals surface area contributed by atoms with Crippen LogP contribution in [0.4, 0.5) is 13.2 Å². The quantitative estimate of drug-likeness (QED) is 0.835. The van der Waals surface area contributed by atoms with Crippen molar-refractivity contribution in [3.8, 4) is 0 Å². The summed E-state index contributed by atoms with van der Waals surface area (Å²) in [5.41, 5.74) is 0. The summed E-state index contributed by atoms with van der Waals surface area (Å²) in [7, 11) is 0. The fraction of sp³-hybridized carbons (Fsp3) is 1.00. The van der Waals surface area contributed by atoms with Crippen LogP contribution in [-0.2, 0) is 0 Å². The van der Waals surface area contributed by atoms with Gasteiger partial charge in [0.15, 0.2) is 0 Å². The first kappa shape index (κ1) is 15.1. The maximum atomic E-state index is 12.9. The standard InChI is InChI=1S/C14H25F3N2/c1-11-4-2-3-5-12(11)9-19-7-6-18-8-13(10-19)14(15,16)17/h11-13,18H,2-10H2,1H3. The SMILES string of the molecule is CC1CCCCC1CN1CCNCC(C(F)(F)F)C1. The number of nitrogens with zero attached hydrogens (tertiary/aromatic N) is 1. The Morgan fingerprint density at radius 1 is 1.21 bits per heavy atom. The van der Waals surface area contributed by atoms with E-state index in [1.165, 1.54) is 25.7 Å². The highest BCUT2D eigenvalue weighted by atomic mass is 19.4. The lowest BCUT2D eigenvalue weighted by atomic mass is 9.80. The molecular weight excluding hydrogens is 253 g/mol. The summed E-state index contributed by atoms with van der Waals surface area (Å²) < 4.78 is 38.7. The zero-order valence-corrected chi connectivity index (χ0v) is 11.7. The molecule has 5 heteroatoms. The molecule has 2 nitrogen and oxygen atoms in total. The number of hydrogen-bond donors (Lipinski definition) is 1. The van der Waals surface area contributed by atoms with Gasteiger partial charge in [0.05, 0.1) is 5.92 Å². The molecule has 1 saturated carbocycles. The van der Waals surface area contributed by atoms with Crippen molar-refractivity contribution in [2.75, 3.05) is 32.7 Å². The highest BCUT2D eigenvalue weighted by Crippen LogP contribution is 2.32. The molecule has 0 aromatic rings. The average Bonchev–Trinajstić information content (AvgIpc) is 2.57. The largest absolute Gasteiger partial charge is 0.394 e. The second kappa shape index (κ2) is 6.44. The molecule has 0 bridgehead atoms. The van der Waals surface area contributed by atoms with Gasteiger partial charge in [-0.3, -0.25) is 0 Å². The fourth-order valence-corrected chi connectivity index (χ4v) is 3.36. The van der Waals surface area contributed by atoms with E-state index in [-0.39, 0.29) is 13.1 Å². The predicted octanol–water partition coefficient (Wildman–Crippen LogP) is 2.90. The lowest BCUT2D eigenvalue weighted by Gasteiger charge is -2.34. The first-order valence-electron chi connectivity index (χ1n) is 7.46. The Labute approximate surface area is 113 Å². The van der Waals surface area contributed by atoms with E-state index in [0.717, 1.165) is 13.1 Å². The van der Waals surface area contributed by atoms with E-state index in [4.69, 9.17) is 0 Å². The Morgan fingerprint density at radius 3 is 2.63 bits per heavy atom. The summed E-state index contributed by atoms with van der Waals surface area (Å²) >= 11 is 0. The van der Waals surface area contributed by atoms with Gasteiger partial charge in [-0.15, -0.1) is 0 Å². The molecule has 0 radical (unpaired) electrons. The highest BCUT2D eigenvalue weighted by molar-refractivity contribution is 4.82. The van der Waals surface area contributed by atoms with Crippen LogP contribution in [0, 0.1) is 17.8 Å². The molecule has 0 aromatic heterocycles. The molecule has 19 heavy (non-hydrogen) atoms. The van der Waals surface area contributed by atoms with Gasteiger partial charge in [-0.25, -0.2) is 0 Å². The Balaban J connectivity index is 1.91. The minimum Gasteiger partial charge on any atom is -0.315 e. The molecular formula is C14H25F3N2. The Kier molecular flexibility index (Phi) is 5.12. The molecule has 0 spiro atoms. The van der Waals surface area contributed by atoms with Crippen molar-refractivity contribution in [1.29, 1.82) is 0 Å². The van der Waals surface area contributed by atoms with E-state index in [2.05, 4.69) is 12.2 Å². The van der Waals surface area contributed by atoms with Crippen molar-refractivity contribution in [2.24, 2.45) is 17.8 Å². The Bertz CT molecular complexity index is 280. The van der Waals surface area contributed by atoms with E-state index in [9.17, 15) is 13.2 Å². The number of hydrogen-bond acceptors (Lipinski definition) is 2. The van der Waals surface area contributed by atoms with Crippen molar-refractivity contribution in [3.63, 3.8) is 0 Å². The number of rotatable bonds is 2. The monoisotopic (exact) mass is 278 g/mol. The van der Waals surface area contributed by atoms with Crippen LogP contribution < -0.4 is 5.32 Å². The van der Waals surface area contributed by atoms with Gasteiger partial charge in [-0.05, 0) is 18.3 Å². The molecule has 3 atom stereocenters. The van der Waals surface area contributed by atoms with Gasteiger partial charge in [0, 0.05) is 32.7 Å². The zero-order chi connectivity index (χ0) is 13.9. The molecule has 1 heterocycles. The van der Waals surface area contributed by atoms with Crippen LogP contribution in [0.1, 0.15) is 32.6 Å². The van der Waals surface area contributed by atoms with Crippen LogP contribution >= 0.6 is 0 Å². The summed E-state index contributed by atoms with van der Waals surface area (Å²) in [6, 6.07) is 0. The normalized spacial score (nSPS) is 35.1. The van der Waals surface area contributed by atoms with E-state index in [1.54, 1.807) is 0 Å². The van der Waals surface area contributed by atoms with Crippen molar-refractivity contribution < 1.29 is 13.2 Å². The highest BCUT2D eigenvalue weighted by Gasteiger charge is 2.41. The van der Waals surface area contributed by atoms with E-state index >= 15 is 0 Å². The maximum absolute atomic E-state index is 12.9. The van der Waals surface area contributed by atoms with Crippen molar-refractivity contribution in [1.82, 2.24) is 10.2 Å². The summed E-state index contributed by atoms with van der Waals surface area (Å²) in [5, 5.41) is 2.92. The van der Waals surface area contributed by atoms with Crippen LogP contribution in [0.25, 0.3) is 0 Å². The van der Waals surface area contributed by atoms with Gasteiger partial charge in [-0.1, -0.05) is 26.2 Å².